The van der Waals surface area contributed by atoms with Gasteiger partial charge in [-0.2, -0.15) is 0 Å². The van der Waals surface area contributed by atoms with Gasteiger partial charge in [0.1, 0.15) is 5.75 Å². The van der Waals surface area contributed by atoms with Gasteiger partial charge in [0.05, 0.1) is 0 Å². The van der Waals surface area contributed by atoms with Crippen LogP contribution in [0.4, 0.5) is 0 Å². The summed E-state index contributed by atoms with van der Waals surface area (Å²) in [4.78, 5) is 21.8. The third-order valence-corrected chi connectivity index (χ3v) is 3.90. The third kappa shape index (κ3) is 2.14. The Kier molecular flexibility index (Phi) is 2.85. The number of carboxylic acid groups (broad SMARTS) is 1. The zero-order valence-electron chi connectivity index (χ0n) is 10.3. The molecule has 1 N–H and O–H groups in total. The molecule has 0 amide bonds. The molecule has 2 aliphatic carbocycles. The fraction of sp³-hybridized carbons (Fsp3) is 0.333. The van der Waals surface area contributed by atoms with Gasteiger partial charge >= 0.3 is 11.9 Å². The molecule has 0 radical (unpaired) electrons. The topological polar surface area (TPSA) is 63.6 Å². The molecule has 1 aromatic carbocycles. The molecule has 2 unspecified atom stereocenters. The second-order valence-corrected chi connectivity index (χ2v) is 5.08. The molecule has 19 heavy (non-hydrogen) atoms. The Morgan fingerprint density at radius 2 is 2.00 bits per heavy atom. The fourth-order valence-corrected chi connectivity index (χ4v) is 3.09. The Morgan fingerprint density at radius 3 is 2.63 bits per heavy atom. The summed E-state index contributed by atoms with van der Waals surface area (Å²) in [6, 6.07) is 7.14. The van der Waals surface area contributed by atoms with Gasteiger partial charge in [-0.3, -0.25) is 0 Å². The molecule has 2 aliphatic rings. The average Bonchev–Trinajstić information content (AvgIpc) is 3.01. The van der Waals surface area contributed by atoms with Crippen LogP contribution in [-0.4, -0.2) is 17.0 Å². The lowest BCUT2D eigenvalue weighted by atomic mass is 9.92. The number of para-hydroxylation sites is 1. The highest BCUT2D eigenvalue weighted by Crippen LogP contribution is 2.49. The maximum Gasteiger partial charge on any atom is 0.422 e. The number of carbonyl (C=O) groups is 2. The van der Waals surface area contributed by atoms with E-state index in [-0.39, 0.29) is 0 Å². The van der Waals surface area contributed by atoms with Gasteiger partial charge in [-0.25, -0.2) is 9.59 Å². The predicted octanol–water partition coefficient (Wildman–Crippen LogP) is 2.49. The molecule has 4 heteroatoms. The number of carbonyl (C=O) groups excluding carboxylic acids is 1. The van der Waals surface area contributed by atoms with Crippen molar-refractivity contribution in [2.75, 3.05) is 0 Å². The van der Waals surface area contributed by atoms with Crippen molar-refractivity contribution >= 4 is 17.5 Å². The normalized spacial score (nSPS) is 24.1. The molecule has 0 saturated heterocycles. The number of rotatable bonds is 2. The average molecular weight is 258 g/mol. The van der Waals surface area contributed by atoms with Gasteiger partial charge in [-0.05, 0) is 42.7 Å². The van der Waals surface area contributed by atoms with Crippen LogP contribution in [0.5, 0.6) is 5.75 Å². The molecule has 1 fully saturated rings. The van der Waals surface area contributed by atoms with E-state index in [1.807, 2.05) is 12.1 Å². The molecule has 0 aliphatic heterocycles. The smallest absolute Gasteiger partial charge is 0.422 e. The molecular formula is C15H14O4. The summed E-state index contributed by atoms with van der Waals surface area (Å²) in [5.41, 5.74) is 2.05. The highest BCUT2D eigenvalue weighted by Gasteiger charge is 2.34. The first-order valence-corrected chi connectivity index (χ1v) is 6.41. The van der Waals surface area contributed by atoms with Crippen molar-refractivity contribution in [1.29, 1.82) is 0 Å². The second-order valence-electron chi connectivity index (χ2n) is 5.08. The minimum absolute atomic E-state index is 0.341. The lowest BCUT2D eigenvalue weighted by Gasteiger charge is -2.16. The predicted molar refractivity (Wildman–Crippen MR) is 68.5 cm³/mol. The summed E-state index contributed by atoms with van der Waals surface area (Å²) < 4.78 is 4.95. The van der Waals surface area contributed by atoms with E-state index in [0.29, 0.717) is 17.6 Å². The van der Waals surface area contributed by atoms with E-state index in [2.05, 4.69) is 6.08 Å². The van der Waals surface area contributed by atoms with Crippen LogP contribution in [0.25, 0.3) is 5.57 Å². The van der Waals surface area contributed by atoms with Gasteiger partial charge in [-0.1, -0.05) is 24.3 Å². The van der Waals surface area contributed by atoms with E-state index in [4.69, 9.17) is 9.84 Å². The summed E-state index contributed by atoms with van der Waals surface area (Å²) in [7, 11) is 0. The number of aliphatic carboxylic acids is 1. The molecule has 0 heterocycles. The zero-order chi connectivity index (χ0) is 13.4. The summed E-state index contributed by atoms with van der Waals surface area (Å²) in [6.45, 7) is 0. The van der Waals surface area contributed by atoms with Crippen molar-refractivity contribution in [2.24, 2.45) is 11.8 Å². The number of esters is 1. The standard InChI is InChI=1S/C15H14O4/c16-14(17)15(18)19-13-4-2-1-3-11(13)12-8-9-5-6-10(12)7-9/h1-4,8-10H,5-7H2,(H,16,17). The highest BCUT2D eigenvalue weighted by molar-refractivity contribution is 6.29. The highest BCUT2D eigenvalue weighted by atomic mass is 16.6. The number of carboxylic acids is 1. The second kappa shape index (κ2) is 4.53. The molecule has 0 aromatic heterocycles. The van der Waals surface area contributed by atoms with Crippen LogP contribution in [0.2, 0.25) is 0 Å². The van der Waals surface area contributed by atoms with Gasteiger partial charge in [0.2, 0.25) is 0 Å². The van der Waals surface area contributed by atoms with E-state index in [1.165, 1.54) is 12.0 Å². The number of allylic oxidation sites excluding steroid dienone is 2. The van der Waals surface area contributed by atoms with Crippen LogP contribution in [0.1, 0.15) is 24.8 Å². The number of ether oxygens (including phenoxy) is 1. The molecule has 1 saturated carbocycles. The number of benzene rings is 1. The monoisotopic (exact) mass is 258 g/mol. The van der Waals surface area contributed by atoms with Gasteiger partial charge in [0.15, 0.2) is 0 Å². The first-order chi connectivity index (χ1) is 9.15. The Labute approximate surface area is 110 Å². The molecule has 0 spiro atoms. The largest absolute Gasteiger partial charge is 0.473 e. The maximum atomic E-state index is 11.2. The molecular weight excluding hydrogens is 244 g/mol. The fourth-order valence-electron chi connectivity index (χ4n) is 3.09. The van der Waals surface area contributed by atoms with Crippen molar-refractivity contribution in [3.63, 3.8) is 0 Å². The Bertz CT molecular complexity index is 573. The molecule has 2 atom stereocenters. The number of hydrogen-bond donors (Lipinski definition) is 1. The van der Waals surface area contributed by atoms with Gasteiger partial charge in [0, 0.05) is 5.56 Å². The quantitative estimate of drug-likeness (QED) is 0.503. The Morgan fingerprint density at radius 1 is 1.21 bits per heavy atom. The number of hydrogen-bond acceptors (Lipinski definition) is 3. The summed E-state index contributed by atoms with van der Waals surface area (Å²) in [6.07, 6.45) is 5.79. The minimum Gasteiger partial charge on any atom is -0.473 e. The van der Waals surface area contributed by atoms with E-state index in [9.17, 15) is 9.59 Å². The van der Waals surface area contributed by atoms with Crippen molar-refractivity contribution in [3.05, 3.63) is 35.9 Å². The summed E-state index contributed by atoms with van der Waals surface area (Å²) >= 11 is 0. The minimum atomic E-state index is -1.57. The van der Waals surface area contributed by atoms with Gasteiger partial charge in [-0.15, -0.1) is 0 Å². The zero-order valence-corrected chi connectivity index (χ0v) is 10.3. The van der Waals surface area contributed by atoms with Crippen molar-refractivity contribution in [2.45, 2.75) is 19.3 Å². The van der Waals surface area contributed by atoms with Crippen LogP contribution >= 0.6 is 0 Å². The van der Waals surface area contributed by atoms with E-state index < -0.39 is 11.9 Å². The summed E-state index contributed by atoms with van der Waals surface area (Å²) in [5.74, 6) is -1.32. The van der Waals surface area contributed by atoms with Gasteiger partial charge < -0.3 is 9.84 Å². The third-order valence-electron chi connectivity index (χ3n) is 3.90. The lowest BCUT2D eigenvalue weighted by Crippen LogP contribution is -2.20. The van der Waals surface area contributed by atoms with Crippen LogP contribution in [0.15, 0.2) is 30.3 Å². The molecule has 2 bridgehead atoms. The first kappa shape index (κ1) is 12.0. The van der Waals surface area contributed by atoms with Crippen molar-refractivity contribution in [3.8, 4) is 5.75 Å². The van der Waals surface area contributed by atoms with Crippen LogP contribution in [0, 0.1) is 11.8 Å². The molecule has 3 rings (SSSR count). The van der Waals surface area contributed by atoms with Gasteiger partial charge in [0.25, 0.3) is 0 Å². The molecule has 4 nitrogen and oxygen atoms in total. The maximum absolute atomic E-state index is 11.2. The van der Waals surface area contributed by atoms with Crippen LogP contribution in [0.3, 0.4) is 0 Å². The van der Waals surface area contributed by atoms with E-state index in [1.54, 1.807) is 12.1 Å². The number of fused-ring (bicyclic) bond motifs is 2. The van der Waals surface area contributed by atoms with Crippen LogP contribution < -0.4 is 4.74 Å². The summed E-state index contributed by atoms with van der Waals surface area (Å²) in [5, 5.41) is 8.62. The van der Waals surface area contributed by atoms with E-state index in [0.717, 1.165) is 18.4 Å². The Balaban J connectivity index is 1.92. The Hall–Kier alpha value is -2.10. The molecule has 1 aromatic rings. The van der Waals surface area contributed by atoms with E-state index >= 15 is 0 Å². The van der Waals surface area contributed by atoms with Crippen molar-refractivity contribution in [1.82, 2.24) is 0 Å². The SMILES string of the molecule is O=C(O)C(=O)Oc1ccccc1C1=CC2CCC1C2. The molecule has 98 valence electrons. The lowest BCUT2D eigenvalue weighted by molar-refractivity contribution is -0.158. The van der Waals surface area contributed by atoms with Crippen LogP contribution in [-0.2, 0) is 9.59 Å². The first-order valence-electron chi connectivity index (χ1n) is 6.41. The van der Waals surface area contributed by atoms with Crippen molar-refractivity contribution < 1.29 is 19.4 Å².